The number of rotatable bonds is 4. The van der Waals surface area contributed by atoms with Gasteiger partial charge >= 0.3 is 0 Å². The van der Waals surface area contributed by atoms with Crippen LogP contribution < -0.4 is 4.74 Å². The van der Waals surface area contributed by atoms with Crippen molar-refractivity contribution in [1.29, 1.82) is 5.26 Å². The molecule has 1 unspecified atom stereocenters. The van der Waals surface area contributed by atoms with E-state index in [1.807, 2.05) is 77.0 Å². The van der Waals surface area contributed by atoms with Crippen molar-refractivity contribution in [3.63, 3.8) is 0 Å². The molecule has 170 valence electrons. The highest BCUT2D eigenvalue weighted by Gasteiger charge is 2.38. The predicted octanol–water partition coefficient (Wildman–Crippen LogP) is 4.14. The number of fused-ring (bicyclic) bond motifs is 2. The SMILES string of the molecule is COc1cc(/C=C/c2nc3n(n2)CCOC32/C=C/C=C(C#N)\C=C/C2)ccc1-n1cnc(C)c1. The second-order valence-corrected chi connectivity index (χ2v) is 8.14. The second-order valence-electron chi connectivity index (χ2n) is 8.14. The minimum Gasteiger partial charge on any atom is -0.495 e. The maximum atomic E-state index is 9.15. The molecule has 5 rings (SSSR count). The number of aromatic nitrogens is 5. The highest BCUT2D eigenvalue weighted by molar-refractivity contribution is 5.69. The summed E-state index contributed by atoms with van der Waals surface area (Å²) in [5, 5.41) is 13.8. The highest BCUT2D eigenvalue weighted by atomic mass is 16.5. The summed E-state index contributed by atoms with van der Waals surface area (Å²) >= 11 is 0. The van der Waals surface area contributed by atoms with Gasteiger partial charge in [0.1, 0.15) is 11.4 Å². The van der Waals surface area contributed by atoms with Crippen molar-refractivity contribution in [2.45, 2.75) is 25.5 Å². The van der Waals surface area contributed by atoms with Gasteiger partial charge < -0.3 is 14.0 Å². The number of allylic oxidation sites excluding steroid dienone is 4. The minimum atomic E-state index is -0.695. The first-order valence-electron chi connectivity index (χ1n) is 11.0. The summed E-state index contributed by atoms with van der Waals surface area (Å²) in [6, 6.07) is 8.16. The van der Waals surface area contributed by atoms with E-state index in [1.54, 1.807) is 19.5 Å². The van der Waals surface area contributed by atoms with Crippen LogP contribution in [0, 0.1) is 18.3 Å². The maximum absolute atomic E-state index is 9.15. The van der Waals surface area contributed by atoms with E-state index in [-0.39, 0.29) is 0 Å². The summed E-state index contributed by atoms with van der Waals surface area (Å²) in [6.07, 6.45) is 17.5. The lowest BCUT2D eigenvalue weighted by atomic mass is 9.94. The molecule has 0 amide bonds. The fourth-order valence-corrected chi connectivity index (χ4v) is 4.15. The zero-order valence-corrected chi connectivity index (χ0v) is 19.0. The van der Waals surface area contributed by atoms with Crippen molar-refractivity contribution in [2.75, 3.05) is 13.7 Å². The monoisotopic (exact) mass is 452 g/mol. The first-order valence-corrected chi connectivity index (χ1v) is 11.0. The Balaban J connectivity index is 1.42. The van der Waals surface area contributed by atoms with Crippen LogP contribution in [0.1, 0.15) is 29.3 Å². The Hall–Kier alpha value is -4.22. The lowest BCUT2D eigenvalue weighted by Gasteiger charge is -2.33. The zero-order chi connectivity index (χ0) is 23.5. The molecule has 34 heavy (non-hydrogen) atoms. The van der Waals surface area contributed by atoms with E-state index < -0.39 is 5.60 Å². The summed E-state index contributed by atoms with van der Waals surface area (Å²) in [4.78, 5) is 9.08. The van der Waals surface area contributed by atoms with Gasteiger partial charge in [0, 0.05) is 12.6 Å². The molecule has 2 aromatic heterocycles. The quantitative estimate of drug-likeness (QED) is 0.591. The molecule has 8 nitrogen and oxygen atoms in total. The van der Waals surface area contributed by atoms with Gasteiger partial charge in [0.2, 0.25) is 0 Å². The molecule has 0 N–H and O–H groups in total. The Morgan fingerprint density at radius 3 is 3.00 bits per heavy atom. The molecule has 0 saturated carbocycles. The third-order valence-electron chi connectivity index (χ3n) is 5.84. The number of imidazole rings is 1. The molecule has 0 radical (unpaired) electrons. The lowest BCUT2D eigenvalue weighted by Crippen LogP contribution is -2.37. The predicted molar refractivity (Wildman–Crippen MR) is 128 cm³/mol. The number of aryl methyl sites for hydroxylation is 1. The molecule has 0 fully saturated rings. The Kier molecular flexibility index (Phi) is 5.70. The molecular formula is C26H24N6O2. The zero-order valence-electron chi connectivity index (χ0n) is 19.0. The second kappa shape index (κ2) is 8.96. The average molecular weight is 453 g/mol. The fraction of sp³-hybridized carbons (Fsp3) is 0.231. The molecule has 3 aromatic rings. The van der Waals surface area contributed by atoms with Crippen molar-refractivity contribution < 1.29 is 9.47 Å². The number of nitriles is 1. The number of benzene rings is 1. The molecule has 0 saturated heterocycles. The van der Waals surface area contributed by atoms with Gasteiger partial charge in [0.25, 0.3) is 0 Å². The van der Waals surface area contributed by atoms with Crippen molar-refractivity contribution in [3.8, 4) is 17.5 Å². The largest absolute Gasteiger partial charge is 0.495 e. The van der Waals surface area contributed by atoms with Crippen LogP contribution in [0.25, 0.3) is 17.8 Å². The normalized spacial score (nSPS) is 22.9. The number of nitrogens with zero attached hydrogens (tertiary/aromatic N) is 6. The van der Waals surface area contributed by atoms with E-state index in [2.05, 4.69) is 16.2 Å². The van der Waals surface area contributed by atoms with Gasteiger partial charge in [-0.1, -0.05) is 24.3 Å². The Morgan fingerprint density at radius 2 is 2.21 bits per heavy atom. The standard InChI is InChI=1S/C26H24N6O2/c1-19-17-31(18-28-19)22-9-7-20(15-23(22)33-2)8-10-24-29-25-26(34-14-13-32(25)30-24)11-3-5-21(16-27)6-4-12-26/h3-11,15,17-18H,12-14H2,1-2H3/b6-4-,10-8+,11-3+,21-5+. The molecule has 2 aliphatic rings. The van der Waals surface area contributed by atoms with Crippen molar-refractivity contribution in [1.82, 2.24) is 24.3 Å². The molecule has 1 spiro atoms. The summed E-state index contributed by atoms with van der Waals surface area (Å²) < 4.78 is 15.6. The molecule has 1 atom stereocenters. The van der Waals surface area contributed by atoms with Gasteiger partial charge in [-0.3, -0.25) is 0 Å². The first-order chi connectivity index (χ1) is 16.6. The van der Waals surface area contributed by atoms with Gasteiger partial charge in [0.05, 0.1) is 49.6 Å². The van der Waals surface area contributed by atoms with Crippen LogP contribution >= 0.6 is 0 Å². The third-order valence-corrected chi connectivity index (χ3v) is 5.84. The third kappa shape index (κ3) is 4.09. The van der Waals surface area contributed by atoms with E-state index >= 15 is 0 Å². The number of hydrogen-bond acceptors (Lipinski definition) is 6. The van der Waals surface area contributed by atoms with Gasteiger partial charge in [-0.15, -0.1) is 0 Å². The van der Waals surface area contributed by atoms with Crippen LogP contribution in [0.15, 0.2) is 66.7 Å². The molecular weight excluding hydrogens is 428 g/mol. The molecule has 0 bridgehead atoms. The summed E-state index contributed by atoms with van der Waals surface area (Å²) in [5.74, 6) is 2.12. The van der Waals surface area contributed by atoms with Crippen molar-refractivity contribution >= 4 is 12.2 Å². The molecule has 3 heterocycles. The summed E-state index contributed by atoms with van der Waals surface area (Å²) in [6.45, 7) is 3.14. The van der Waals surface area contributed by atoms with Gasteiger partial charge in [-0.25, -0.2) is 14.6 Å². The number of methoxy groups -OCH3 is 1. The average Bonchev–Trinajstić information content (AvgIpc) is 3.46. The Labute approximate surface area is 197 Å². The fourth-order valence-electron chi connectivity index (χ4n) is 4.15. The number of ether oxygens (including phenoxy) is 2. The van der Waals surface area contributed by atoms with Crippen LogP contribution in [-0.4, -0.2) is 38.0 Å². The highest BCUT2D eigenvalue weighted by Crippen LogP contribution is 2.35. The van der Waals surface area contributed by atoms with Gasteiger partial charge in [0.15, 0.2) is 11.6 Å². The topological polar surface area (TPSA) is 90.8 Å². The Bertz CT molecular complexity index is 1380. The van der Waals surface area contributed by atoms with E-state index in [0.717, 1.165) is 28.5 Å². The molecule has 1 aliphatic heterocycles. The molecule has 1 aliphatic carbocycles. The van der Waals surface area contributed by atoms with Crippen molar-refractivity contribution in [3.05, 3.63) is 89.6 Å². The molecule has 1 aromatic carbocycles. The molecule has 8 heteroatoms. The van der Waals surface area contributed by atoms with Gasteiger partial charge in [-0.2, -0.15) is 10.4 Å². The van der Waals surface area contributed by atoms with Crippen LogP contribution in [0.4, 0.5) is 0 Å². The van der Waals surface area contributed by atoms with Gasteiger partial charge in [-0.05, 0) is 48.9 Å². The first kappa shape index (κ1) is 21.6. The Morgan fingerprint density at radius 1 is 1.29 bits per heavy atom. The van der Waals surface area contributed by atoms with E-state index in [9.17, 15) is 0 Å². The van der Waals surface area contributed by atoms with E-state index in [1.165, 1.54) is 0 Å². The summed E-state index contributed by atoms with van der Waals surface area (Å²) in [5.41, 5.74) is 2.75. The van der Waals surface area contributed by atoms with E-state index in [4.69, 9.17) is 19.7 Å². The van der Waals surface area contributed by atoms with Crippen molar-refractivity contribution in [2.24, 2.45) is 0 Å². The maximum Gasteiger partial charge on any atom is 0.174 e. The minimum absolute atomic E-state index is 0.541. The lowest BCUT2D eigenvalue weighted by molar-refractivity contribution is -0.0460. The summed E-state index contributed by atoms with van der Waals surface area (Å²) in [7, 11) is 1.66. The van der Waals surface area contributed by atoms with Crippen LogP contribution in [0.3, 0.4) is 0 Å². The van der Waals surface area contributed by atoms with Crippen LogP contribution in [0.5, 0.6) is 5.75 Å². The van der Waals surface area contributed by atoms with Crippen LogP contribution in [-0.2, 0) is 16.9 Å². The smallest absolute Gasteiger partial charge is 0.174 e. The van der Waals surface area contributed by atoms with E-state index in [0.29, 0.717) is 31.0 Å². The number of hydrogen-bond donors (Lipinski definition) is 0. The van der Waals surface area contributed by atoms with Crippen LogP contribution in [0.2, 0.25) is 0 Å².